The molecule has 28 heavy (non-hydrogen) atoms. The Kier molecular flexibility index (Phi) is 6.57. The van der Waals surface area contributed by atoms with Crippen LogP contribution in [0.2, 0.25) is 0 Å². The molecule has 0 saturated heterocycles. The van der Waals surface area contributed by atoms with Gasteiger partial charge in [-0.05, 0) is 30.7 Å². The Morgan fingerprint density at radius 2 is 1.75 bits per heavy atom. The van der Waals surface area contributed by atoms with E-state index in [-0.39, 0.29) is 12.5 Å². The van der Waals surface area contributed by atoms with Crippen molar-refractivity contribution in [2.45, 2.75) is 32.4 Å². The number of hydrogen-bond donors (Lipinski definition) is 1. The van der Waals surface area contributed by atoms with Crippen LogP contribution in [0.3, 0.4) is 0 Å². The summed E-state index contributed by atoms with van der Waals surface area (Å²) in [4.78, 5) is 29.1. The summed E-state index contributed by atoms with van der Waals surface area (Å²) < 4.78 is 10.8. The third-order valence-electron chi connectivity index (χ3n) is 4.14. The number of oxazole rings is 1. The second kappa shape index (κ2) is 9.50. The number of carbonyl (C=O) groups excluding carboxylic acids is 2. The summed E-state index contributed by atoms with van der Waals surface area (Å²) in [7, 11) is 0. The van der Waals surface area contributed by atoms with Crippen LogP contribution in [0, 0.1) is 0 Å². The predicted octanol–water partition coefficient (Wildman–Crippen LogP) is 3.98. The van der Waals surface area contributed by atoms with E-state index >= 15 is 0 Å². The average Bonchev–Trinajstić information content (AvgIpc) is 3.22. The van der Waals surface area contributed by atoms with Gasteiger partial charge in [0.15, 0.2) is 0 Å². The van der Waals surface area contributed by atoms with Crippen molar-refractivity contribution >= 4 is 11.9 Å². The first-order valence-electron chi connectivity index (χ1n) is 9.19. The highest BCUT2D eigenvalue weighted by Gasteiger charge is 2.22. The van der Waals surface area contributed by atoms with Crippen LogP contribution in [0.15, 0.2) is 71.3 Å². The molecule has 144 valence electrons. The molecule has 0 saturated carbocycles. The number of nitrogens with one attached hydrogen (secondary N) is 1. The summed E-state index contributed by atoms with van der Waals surface area (Å²) >= 11 is 0. The summed E-state index contributed by atoms with van der Waals surface area (Å²) in [5.41, 5.74) is 1.86. The maximum Gasteiger partial charge on any atom is 0.329 e. The molecule has 1 N–H and O–H groups in total. The van der Waals surface area contributed by atoms with Gasteiger partial charge in [0.2, 0.25) is 5.89 Å². The molecule has 1 atom stereocenters. The zero-order valence-electron chi connectivity index (χ0n) is 15.6. The first-order valence-corrected chi connectivity index (χ1v) is 9.19. The fraction of sp³-hybridized carbons (Fsp3) is 0.227. The Morgan fingerprint density at radius 1 is 1.07 bits per heavy atom. The Bertz CT molecular complexity index is 907. The second-order valence-corrected chi connectivity index (χ2v) is 6.30. The molecule has 3 aromatic rings. The molecule has 1 amide bonds. The normalized spacial score (nSPS) is 11.6. The quantitative estimate of drug-likeness (QED) is 0.600. The van der Waals surface area contributed by atoms with Crippen LogP contribution in [-0.2, 0) is 16.1 Å². The van der Waals surface area contributed by atoms with Crippen LogP contribution < -0.4 is 5.32 Å². The lowest BCUT2D eigenvalue weighted by atomic mass is 10.1. The van der Waals surface area contributed by atoms with Gasteiger partial charge in [0.25, 0.3) is 5.91 Å². The van der Waals surface area contributed by atoms with E-state index in [1.54, 1.807) is 24.3 Å². The Balaban J connectivity index is 1.58. The Morgan fingerprint density at radius 3 is 2.43 bits per heavy atom. The minimum absolute atomic E-state index is 0.0173. The number of aromatic nitrogens is 1. The third kappa shape index (κ3) is 5.07. The summed E-state index contributed by atoms with van der Waals surface area (Å²) in [6.07, 6.45) is 2.69. The molecule has 1 heterocycles. The van der Waals surface area contributed by atoms with E-state index in [0.717, 1.165) is 12.0 Å². The number of ether oxygens (including phenoxy) is 1. The van der Waals surface area contributed by atoms with Crippen molar-refractivity contribution in [2.24, 2.45) is 0 Å². The summed E-state index contributed by atoms with van der Waals surface area (Å²) in [5, 5.41) is 2.74. The number of rotatable bonds is 8. The molecular weight excluding hydrogens is 356 g/mol. The minimum Gasteiger partial charge on any atom is -0.458 e. The lowest BCUT2D eigenvalue weighted by Gasteiger charge is -2.16. The second-order valence-electron chi connectivity index (χ2n) is 6.30. The van der Waals surface area contributed by atoms with Crippen molar-refractivity contribution in [3.05, 3.63) is 78.2 Å². The van der Waals surface area contributed by atoms with Gasteiger partial charge in [-0.15, -0.1) is 0 Å². The van der Waals surface area contributed by atoms with Crippen LogP contribution in [0.25, 0.3) is 11.5 Å². The van der Waals surface area contributed by atoms with Crippen LogP contribution in [0.5, 0.6) is 0 Å². The highest BCUT2D eigenvalue weighted by Crippen LogP contribution is 2.18. The predicted molar refractivity (Wildman–Crippen MR) is 104 cm³/mol. The van der Waals surface area contributed by atoms with Gasteiger partial charge in [-0.3, -0.25) is 4.79 Å². The van der Waals surface area contributed by atoms with Crippen molar-refractivity contribution in [3.8, 4) is 11.5 Å². The fourth-order valence-electron chi connectivity index (χ4n) is 2.70. The highest BCUT2D eigenvalue weighted by atomic mass is 16.5. The van der Waals surface area contributed by atoms with E-state index in [2.05, 4.69) is 10.3 Å². The molecule has 0 fully saturated rings. The summed E-state index contributed by atoms with van der Waals surface area (Å²) in [5.74, 6) is -0.326. The van der Waals surface area contributed by atoms with Gasteiger partial charge in [-0.1, -0.05) is 49.7 Å². The van der Waals surface area contributed by atoms with Crippen LogP contribution >= 0.6 is 0 Å². The highest BCUT2D eigenvalue weighted by molar-refractivity contribution is 5.96. The van der Waals surface area contributed by atoms with Crippen LogP contribution in [0.1, 0.15) is 35.8 Å². The molecule has 3 rings (SSSR count). The standard InChI is InChI=1S/C22H22N2O4/c1-2-9-19(24-20(25)16-10-5-3-6-11-16)22(26)28-15-18-14-27-21(23-18)17-12-7-4-8-13-17/h3-8,10-14,19H,2,9,15H2,1H3,(H,24,25). The minimum atomic E-state index is -0.710. The number of esters is 1. The largest absolute Gasteiger partial charge is 0.458 e. The van der Waals surface area contributed by atoms with Gasteiger partial charge < -0.3 is 14.5 Å². The smallest absolute Gasteiger partial charge is 0.329 e. The maximum absolute atomic E-state index is 12.5. The molecule has 1 unspecified atom stereocenters. The molecule has 0 aliphatic heterocycles. The topological polar surface area (TPSA) is 81.4 Å². The van der Waals surface area contributed by atoms with E-state index in [1.165, 1.54) is 6.26 Å². The fourth-order valence-corrected chi connectivity index (χ4v) is 2.70. The van der Waals surface area contributed by atoms with Crippen molar-refractivity contribution in [3.63, 3.8) is 0 Å². The van der Waals surface area contributed by atoms with Crippen LogP contribution in [-0.4, -0.2) is 22.9 Å². The lowest BCUT2D eigenvalue weighted by Crippen LogP contribution is -2.41. The van der Waals surface area contributed by atoms with Crippen molar-refractivity contribution in [1.29, 1.82) is 0 Å². The monoisotopic (exact) mass is 378 g/mol. The maximum atomic E-state index is 12.5. The summed E-state index contributed by atoms with van der Waals surface area (Å²) in [6, 6.07) is 17.5. The number of nitrogens with zero attached hydrogens (tertiary/aromatic N) is 1. The van der Waals surface area contributed by atoms with Crippen LogP contribution in [0.4, 0.5) is 0 Å². The van der Waals surface area contributed by atoms with E-state index in [1.807, 2.05) is 43.3 Å². The van der Waals surface area contributed by atoms with Gasteiger partial charge in [-0.2, -0.15) is 0 Å². The number of hydrogen-bond acceptors (Lipinski definition) is 5. The molecule has 1 aromatic heterocycles. The first kappa shape index (κ1) is 19.4. The molecular formula is C22H22N2O4. The SMILES string of the molecule is CCCC(NC(=O)c1ccccc1)C(=O)OCc1coc(-c2ccccc2)n1. The van der Waals surface area contributed by atoms with Gasteiger partial charge in [0.1, 0.15) is 24.6 Å². The van der Waals surface area contributed by atoms with E-state index in [9.17, 15) is 9.59 Å². The number of amides is 1. The van der Waals surface area contributed by atoms with Gasteiger partial charge >= 0.3 is 5.97 Å². The van der Waals surface area contributed by atoms with Gasteiger partial charge in [0.05, 0.1) is 0 Å². The van der Waals surface area contributed by atoms with E-state index in [4.69, 9.17) is 9.15 Å². The molecule has 0 aliphatic carbocycles. The molecule has 0 radical (unpaired) electrons. The summed E-state index contributed by atoms with van der Waals surface area (Å²) in [6.45, 7) is 1.93. The molecule has 6 nitrogen and oxygen atoms in total. The zero-order chi connectivity index (χ0) is 19.8. The van der Waals surface area contributed by atoms with Crippen molar-refractivity contribution < 1.29 is 18.7 Å². The molecule has 0 aliphatic rings. The number of benzene rings is 2. The van der Waals surface area contributed by atoms with E-state index in [0.29, 0.717) is 23.6 Å². The lowest BCUT2D eigenvalue weighted by molar-refractivity contribution is -0.147. The van der Waals surface area contributed by atoms with Gasteiger partial charge in [-0.25, -0.2) is 9.78 Å². The first-order chi connectivity index (χ1) is 13.7. The molecule has 0 spiro atoms. The van der Waals surface area contributed by atoms with Gasteiger partial charge in [0, 0.05) is 11.1 Å². The van der Waals surface area contributed by atoms with Crippen molar-refractivity contribution in [1.82, 2.24) is 10.3 Å². The molecule has 0 bridgehead atoms. The zero-order valence-corrected chi connectivity index (χ0v) is 15.6. The van der Waals surface area contributed by atoms with E-state index < -0.39 is 12.0 Å². The third-order valence-corrected chi connectivity index (χ3v) is 4.14. The number of carbonyl (C=O) groups is 2. The average molecular weight is 378 g/mol. The Labute approximate surface area is 163 Å². The Hall–Kier alpha value is -3.41. The molecule has 6 heteroatoms. The van der Waals surface area contributed by atoms with Crippen molar-refractivity contribution in [2.75, 3.05) is 0 Å². The molecule has 2 aromatic carbocycles.